The maximum absolute atomic E-state index is 13.2. The van der Waals surface area contributed by atoms with Crippen LogP contribution in [0.5, 0.6) is 0 Å². The molecule has 168 valence electrons. The summed E-state index contributed by atoms with van der Waals surface area (Å²) in [4.78, 5) is 27.3. The normalized spacial score (nSPS) is 20.0. The van der Waals surface area contributed by atoms with Gasteiger partial charge in [-0.05, 0) is 29.4 Å². The van der Waals surface area contributed by atoms with Gasteiger partial charge in [0.1, 0.15) is 0 Å². The fraction of sp³-hybridized carbons (Fsp3) is 0.652. The molecule has 4 nitrogen and oxygen atoms in total. The molecule has 0 bridgehead atoms. The Hall–Kier alpha value is -2.05. The van der Waals surface area contributed by atoms with Crippen molar-refractivity contribution in [3.63, 3.8) is 0 Å². The third-order valence-corrected chi connectivity index (χ3v) is 5.35. The van der Waals surface area contributed by atoms with Crippen molar-refractivity contribution in [3.05, 3.63) is 35.4 Å². The second kappa shape index (κ2) is 9.40. The Morgan fingerprint density at radius 2 is 1.83 bits per heavy atom. The second-order valence-electron chi connectivity index (χ2n) is 9.85. The highest BCUT2D eigenvalue weighted by molar-refractivity contribution is 5.83. The van der Waals surface area contributed by atoms with Gasteiger partial charge in [-0.2, -0.15) is 13.2 Å². The summed E-state index contributed by atoms with van der Waals surface area (Å²) in [6, 6.07) is 5.12. The van der Waals surface area contributed by atoms with Crippen molar-refractivity contribution in [1.82, 2.24) is 10.2 Å². The zero-order valence-electron chi connectivity index (χ0n) is 18.5. The summed E-state index contributed by atoms with van der Waals surface area (Å²) in [6.07, 6.45) is -3.31. The van der Waals surface area contributed by atoms with E-state index in [9.17, 15) is 22.8 Å². The fourth-order valence-corrected chi connectivity index (χ4v) is 3.74. The SMILES string of the molecule is CC(C)CCNC(=O)C1CN(C(=O)CC(C)(C)C)CC1c1cccc(C(F)(F)F)c1. The van der Waals surface area contributed by atoms with Crippen LogP contribution in [0.1, 0.15) is 64.5 Å². The van der Waals surface area contributed by atoms with E-state index in [2.05, 4.69) is 19.2 Å². The van der Waals surface area contributed by atoms with Crippen molar-refractivity contribution in [2.75, 3.05) is 19.6 Å². The van der Waals surface area contributed by atoms with Gasteiger partial charge in [-0.1, -0.05) is 52.8 Å². The molecule has 1 aliphatic rings. The van der Waals surface area contributed by atoms with E-state index < -0.39 is 23.6 Å². The molecule has 2 unspecified atom stereocenters. The molecule has 0 radical (unpaired) electrons. The summed E-state index contributed by atoms with van der Waals surface area (Å²) in [5.41, 5.74) is -0.501. The van der Waals surface area contributed by atoms with E-state index in [1.165, 1.54) is 6.07 Å². The van der Waals surface area contributed by atoms with Gasteiger partial charge in [0.2, 0.25) is 11.8 Å². The summed E-state index contributed by atoms with van der Waals surface area (Å²) < 4.78 is 39.6. The maximum Gasteiger partial charge on any atom is 0.416 e. The molecule has 1 aliphatic heterocycles. The molecule has 7 heteroatoms. The summed E-state index contributed by atoms with van der Waals surface area (Å²) in [5.74, 6) is -0.876. The number of nitrogens with zero attached hydrogens (tertiary/aromatic N) is 1. The van der Waals surface area contributed by atoms with E-state index in [0.29, 0.717) is 24.4 Å². The van der Waals surface area contributed by atoms with Crippen LogP contribution in [0.4, 0.5) is 13.2 Å². The molecule has 0 saturated carbocycles. The smallest absolute Gasteiger partial charge is 0.356 e. The highest BCUT2D eigenvalue weighted by atomic mass is 19.4. The van der Waals surface area contributed by atoms with Gasteiger partial charge >= 0.3 is 6.18 Å². The van der Waals surface area contributed by atoms with Crippen molar-refractivity contribution in [2.45, 2.75) is 59.6 Å². The van der Waals surface area contributed by atoms with E-state index in [-0.39, 0.29) is 30.3 Å². The predicted octanol–water partition coefficient (Wildman–Crippen LogP) is 4.85. The number of hydrogen-bond acceptors (Lipinski definition) is 2. The maximum atomic E-state index is 13.2. The van der Waals surface area contributed by atoms with Gasteiger partial charge in [0.15, 0.2) is 0 Å². The predicted molar refractivity (Wildman–Crippen MR) is 111 cm³/mol. The molecule has 1 fully saturated rings. The second-order valence-corrected chi connectivity index (χ2v) is 9.85. The van der Waals surface area contributed by atoms with Crippen LogP contribution in [-0.4, -0.2) is 36.3 Å². The van der Waals surface area contributed by atoms with Crippen LogP contribution in [0, 0.1) is 17.3 Å². The van der Waals surface area contributed by atoms with Crippen molar-refractivity contribution >= 4 is 11.8 Å². The summed E-state index contributed by atoms with van der Waals surface area (Å²) >= 11 is 0. The molecular weight excluding hydrogens is 393 g/mol. The van der Waals surface area contributed by atoms with Crippen LogP contribution in [0.3, 0.4) is 0 Å². The Morgan fingerprint density at radius 1 is 1.17 bits per heavy atom. The van der Waals surface area contributed by atoms with Crippen molar-refractivity contribution in [3.8, 4) is 0 Å². The number of rotatable bonds is 6. The highest BCUT2D eigenvalue weighted by Crippen LogP contribution is 2.37. The largest absolute Gasteiger partial charge is 0.416 e. The van der Waals surface area contributed by atoms with E-state index >= 15 is 0 Å². The summed E-state index contributed by atoms with van der Waals surface area (Å²) in [5, 5.41) is 2.91. The molecule has 1 N–H and O–H groups in total. The molecule has 1 heterocycles. The minimum Gasteiger partial charge on any atom is -0.356 e. The molecule has 1 aromatic rings. The molecule has 2 rings (SSSR count). The minimum absolute atomic E-state index is 0.0723. The van der Waals surface area contributed by atoms with Crippen LogP contribution < -0.4 is 5.32 Å². The number of likely N-dealkylation sites (tertiary alicyclic amines) is 1. The van der Waals surface area contributed by atoms with Crippen molar-refractivity contribution in [2.24, 2.45) is 17.3 Å². The number of halogens is 3. The number of benzene rings is 1. The minimum atomic E-state index is -4.45. The first-order valence-electron chi connectivity index (χ1n) is 10.5. The third-order valence-electron chi connectivity index (χ3n) is 5.35. The number of alkyl halides is 3. The average Bonchev–Trinajstić information content (AvgIpc) is 3.05. The number of nitrogens with one attached hydrogen (secondary N) is 1. The Bertz CT molecular complexity index is 754. The van der Waals surface area contributed by atoms with Gasteiger partial charge in [-0.25, -0.2) is 0 Å². The van der Waals surface area contributed by atoms with Gasteiger partial charge in [-0.15, -0.1) is 0 Å². The first kappa shape index (κ1) is 24.2. The molecule has 30 heavy (non-hydrogen) atoms. The monoisotopic (exact) mass is 426 g/mol. The average molecular weight is 427 g/mol. The first-order valence-corrected chi connectivity index (χ1v) is 10.5. The van der Waals surface area contributed by atoms with Crippen LogP contribution >= 0.6 is 0 Å². The molecule has 0 aromatic heterocycles. The zero-order valence-corrected chi connectivity index (χ0v) is 18.5. The van der Waals surface area contributed by atoms with E-state index in [1.807, 2.05) is 20.8 Å². The fourth-order valence-electron chi connectivity index (χ4n) is 3.74. The topological polar surface area (TPSA) is 49.4 Å². The molecule has 0 spiro atoms. The lowest BCUT2D eigenvalue weighted by Gasteiger charge is -2.23. The summed E-state index contributed by atoms with van der Waals surface area (Å²) in [6.45, 7) is 11.0. The van der Waals surface area contributed by atoms with Crippen LogP contribution in [0.2, 0.25) is 0 Å². The standard InChI is InChI=1S/C23H33F3N2O2/c1-15(2)9-10-27-21(30)19-14-28(20(29)12-22(3,4)5)13-18(19)16-7-6-8-17(11-16)23(24,25)26/h6-8,11,15,18-19H,9-10,12-14H2,1-5H3,(H,27,30). The Kier molecular flexibility index (Phi) is 7.59. The van der Waals surface area contributed by atoms with Gasteiger partial charge < -0.3 is 10.2 Å². The van der Waals surface area contributed by atoms with Crippen LogP contribution in [0.15, 0.2) is 24.3 Å². The molecule has 2 amide bonds. The number of carbonyl (C=O) groups is 2. The van der Waals surface area contributed by atoms with E-state index in [4.69, 9.17) is 0 Å². The Balaban J connectivity index is 2.26. The third kappa shape index (κ3) is 6.74. The molecule has 1 aromatic carbocycles. The van der Waals surface area contributed by atoms with Crippen LogP contribution in [-0.2, 0) is 15.8 Å². The number of hydrogen-bond donors (Lipinski definition) is 1. The molecule has 0 aliphatic carbocycles. The van der Waals surface area contributed by atoms with Gasteiger partial charge in [0.05, 0.1) is 11.5 Å². The lowest BCUT2D eigenvalue weighted by Crippen LogP contribution is -2.37. The van der Waals surface area contributed by atoms with E-state index in [1.54, 1.807) is 11.0 Å². The lowest BCUT2D eigenvalue weighted by atomic mass is 9.87. The lowest BCUT2D eigenvalue weighted by molar-refractivity contribution is -0.137. The van der Waals surface area contributed by atoms with Crippen LogP contribution in [0.25, 0.3) is 0 Å². The highest BCUT2D eigenvalue weighted by Gasteiger charge is 2.41. The molecular formula is C23H33F3N2O2. The zero-order chi connectivity index (χ0) is 22.7. The summed E-state index contributed by atoms with van der Waals surface area (Å²) in [7, 11) is 0. The molecule has 1 saturated heterocycles. The van der Waals surface area contributed by atoms with Gasteiger partial charge in [0, 0.05) is 32.0 Å². The van der Waals surface area contributed by atoms with Crippen molar-refractivity contribution in [1.29, 1.82) is 0 Å². The quantitative estimate of drug-likeness (QED) is 0.707. The van der Waals surface area contributed by atoms with Gasteiger partial charge in [0.25, 0.3) is 0 Å². The van der Waals surface area contributed by atoms with Gasteiger partial charge in [-0.3, -0.25) is 9.59 Å². The first-order chi connectivity index (χ1) is 13.8. The Morgan fingerprint density at radius 3 is 2.40 bits per heavy atom. The molecule has 2 atom stereocenters. The number of carbonyl (C=O) groups excluding carboxylic acids is 2. The Labute approximate surface area is 177 Å². The number of amides is 2. The van der Waals surface area contributed by atoms with Crippen molar-refractivity contribution < 1.29 is 22.8 Å². The van der Waals surface area contributed by atoms with E-state index in [0.717, 1.165) is 18.6 Å².